The topological polar surface area (TPSA) is 25.0 Å². The highest BCUT2D eigenvalue weighted by Gasteiger charge is 2.06. The molecule has 1 N–H and O–H groups in total. The van der Waals surface area contributed by atoms with Gasteiger partial charge in [-0.1, -0.05) is 36.4 Å². The third-order valence-corrected chi connectivity index (χ3v) is 3.02. The van der Waals surface area contributed by atoms with Gasteiger partial charge in [-0.15, -0.1) is 0 Å². The van der Waals surface area contributed by atoms with Gasteiger partial charge in [-0.3, -0.25) is 0 Å². The molecule has 0 aliphatic rings. The van der Waals surface area contributed by atoms with Gasteiger partial charge in [-0.2, -0.15) is 0 Å². The van der Waals surface area contributed by atoms with Crippen LogP contribution in [0.4, 0.5) is 0 Å². The molecule has 0 bridgehead atoms. The lowest BCUT2D eigenvalue weighted by molar-refractivity contribution is 0.310. The zero-order chi connectivity index (χ0) is 12.4. The maximum absolute atomic E-state index is 5.90. The molecule has 3 aromatic rings. The zero-order valence-corrected chi connectivity index (χ0v) is 10.2. The van der Waals surface area contributed by atoms with Crippen LogP contribution in [-0.2, 0) is 6.61 Å². The van der Waals surface area contributed by atoms with Crippen molar-refractivity contribution < 1.29 is 4.74 Å². The van der Waals surface area contributed by atoms with Crippen LogP contribution in [0.5, 0.6) is 5.75 Å². The molecule has 1 aromatic heterocycles. The Morgan fingerprint density at radius 3 is 2.72 bits per heavy atom. The standard InChI is InChI=1S/C16H14NO/c1-12-10-17-14-8-5-9-15(16(12)14)18-11-13-6-3-2-4-7-13/h2-9,17H,11H2,1H3. The van der Waals surface area contributed by atoms with Gasteiger partial charge < -0.3 is 9.72 Å². The Labute approximate surface area is 106 Å². The van der Waals surface area contributed by atoms with E-state index in [2.05, 4.69) is 23.3 Å². The number of aromatic nitrogens is 1. The summed E-state index contributed by atoms with van der Waals surface area (Å²) in [6, 6.07) is 16.2. The fourth-order valence-electron chi connectivity index (χ4n) is 2.10. The Bertz CT molecular complexity index is 655. The summed E-state index contributed by atoms with van der Waals surface area (Å²) < 4.78 is 5.90. The third kappa shape index (κ3) is 1.97. The fraction of sp³-hybridized carbons (Fsp3) is 0.125. The number of hydrogen-bond acceptors (Lipinski definition) is 1. The average molecular weight is 236 g/mol. The van der Waals surface area contributed by atoms with Crippen LogP contribution in [0.3, 0.4) is 0 Å². The normalized spacial score (nSPS) is 10.7. The lowest BCUT2D eigenvalue weighted by atomic mass is 10.2. The van der Waals surface area contributed by atoms with Crippen molar-refractivity contribution >= 4 is 10.9 Å². The van der Waals surface area contributed by atoms with Gasteiger partial charge in [0.25, 0.3) is 0 Å². The molecule has 89 valence electrons. The Balaban J connectivity index is 1.89. The van der Waals surface area contributed by atoms with Gasteiger partial charge in [0.2, 0.25) is 0 Å². The monoisotopic (exact) mass is 236 g/mol. The maximum Gasteiger partial charge on any atom is 0.129 e. The summed E-state index contributed by atoms with van der Waals surface area (Å²) in [6.45, 7) is 2.62. The second-order valence-corrected chi connectivity index (χ2v) is 4.33. The minimum Gasteiger partial charge on any atom is -0.488 e. The van der Waals surface area contributed by atoms with Gasteiger partial charge in [0, 0.05) is 10.9 Å². The van der Waals surface area contributed by atoms with Crippen molar-refractivity contribution in [3.8, 4) is 5.75 Å². The molecule has 2 heteroatoms. The predicted octanol–water partition coefficient (Wildman–Crippen LogP) is 3.86. The van der Waals surface area contributed by atoms with E-state index in [1.165, 1.54) is 5.56 Å². The van der Waals surface area contributed by atoms with Crippen molar-refractivity contribution in [3.05, 3.63) is 65.9 Å². The first-order valence-corrected chi connectivity index (χ1v) is 6.00. The van der Waals surface area contributed by atoms with Gasteiger partial charge in [-0.05, 0) is 30.2 Å². The molecule has 0 saturated heterocycles. The number of benzene rings is 2. The van der Waals surface area contributed by atoms with Crippen molar-refractivity contribution in [3.63, 3.8) is 0 Å². The molecule has 3 rings (SSSR count). The summed E-state index contributed by atoms with van der Waals surface area (Å²) in [5, 5.41) is 1.12. The summed E-state index contributed by atoms with van der Waals surface area (Å²) in [6.07, 6.45) is 3.11. The lowest BCUT2D eigenvalue weighted by Gasteiger charge is -2.08. The molecule has 0 fully saturated rings. The van der Waals surface area contributed by atoms with Crippen molar-refractivity contribution in [2.24, 2.45) is 0 Å². The molecule has 1 heterocycles. The van der Waals surface area contributed by atoms with Crippen LogP contribution in [0, 0.1) is 13.1 Å². The number of ether oxygens (including phenoxy) is 1. The molecular formula is C16H14NO. The van der Waals surface area contributed by atoms with Crippen LogP contribution in [0.1, 0.15) is 11.1 Å². The third-order valence-electron chi connectivity index (χ3n) is 3.02. The number of H-pyrrole nitrogens is 1. The van der Waals surface area contributed by atoms with E-state index in [0.29, 0.717) is 6.61 Å². The number of aromatic amines is 1. The first kappa shape index (κ1) is 10.9. The van der Waals surface area contributed by atoms with E-state index in [4.69, 9.17) is 4.74 Å². The van der Waals surface area contributed by atoms with Crippen LogP contribution in [0.2, 0.25) is 0 Å². The minimum absolute atomic E-state index is 0.588. The zero-order valence-electron chi connectivity index (χ0n) is 10.2. The van der Waals surface area contributed by atoms with E-state index in [1.807, 2.05) is 43.3 Å². The van der Waals surface area contributed by atoms with Crippen LogP contribution < -0.4 is 4.74 Å². The van der Waals surface area contributed by atoms with Gasteiger partial charge in [0.05, 0.1) is 6.20 Å². The summed E-state index contributed by atoms with van der Waals surface area (Å²) in [5.74, 6) is 0.909. The number of fused-ring (bicyclic) bond motifs is 1. The summed E-state index contributed by atoms with van der Waals surface area (Å²) in [4.78, 5) is 3.12. The maximum atomic E-state index is 5.90. The van der Waals surface area contributed by atoms with Gasteiger partial charge >= 0.3 is 0 Å². The number of hydrogen-bond donors (Lipinski definition) is 1. The molecule has 0 aliphatic heterocycles. The van der Waals surface area contributed by atoms with E-state index in [1.54, 1.807) is 0 Å². The SMILES string of the molecule is Cc1[c][nH]c2cccc(OCc3ccccc3)c12. The van der Waals surface area contributed by atoms with E-state index in [0.717, 1.165) is 22.2 Å². The quantitative estimate of drug-likeness (QED) is 0.734. The van der Waals surface area contributed by atoms with Crippen LogP contribution in [-0.4, -0.2) is 4.98 Å². The Morgan fingerprint density at radius 1 is 1.06 bits per heavy atom. The molecule has 18 heavy (non-hydrogen) atoms. The molecule has 0 aliphatic carbocycles. The minimum atomic E-state index is 0.588. The Hall–Kier alpha value is -2.22. The molecular weight excluding hydrogens is 222 g/mol. The molecule has 0 unspecified atom stereocenters. The first-order chi connectivity index (χ1) is 8.84. The molecule has 0 spiro atoms. The molecule has 0 saturated carbocycles. The molecule has 2 aromatic carbocycles. The summed E-state index contributed by atoms with van der Waals surface area (Å²) >= 11 is 0. The lowest BCUT2D eigenvalue weighted by Crippen LogP contribution is -1.95. The molecule has 1 radical (unpaired) electrons. The predicted molar refractivity (Wildman–Crippen MR) is 72.6 cm³/mol. The second-order valence-electron chi connectivity index (χ2n) is 4.33. The number of aryl methyl sites for hydroxylation is 1. The Kier molecular flexibility index (Phi) is 2.77. The highest BCUT2D eigenvalue weighted by molar-refractivity contribution is 5.88. The molecule has 0 amide bonds. The molecule has 0 atom stereocenters. The van der Waals surface area contributed by atoms with Crippen molar-refractivity contribution in [1.82, 2.24) is 4.98 Å². The van der Waals surface area contributed by atoms with Crippen LogP contribution in [0.15, 0.2) is 48.5 Å². The van der Waals surface area contributed by atoms with E-state index < -0.39 is 0 Å². The second kappa shape index (κ2) is 4.57. The van der Waals surface area contributed by atoms with Gasteiger partial charge in [-0.25, -0.2) is 0 Å². The number of nitrogens with one attached hydrogen (secondary N) is 1. The smallest absolute Gasteiger partial charge is 0.129 e. The van der Waals surface area contributed by atoms with Gasteiger partial charge in [0.15, 0.2) is 0 Å². The first-order valence-electron chi connectivity index (χ1n) is 6.00. The van der Waals surface area contributed by atoms with Crippen LogP contribution in [0.25, 0.3) is 10.9 Å². The number of rotatable bonds is 3. The van der Waals surface area contributed by atoms with Crippen molar-refractivity contribution in [1.29, 1.82) is 0 Å². The molecule has 2 nitrogen and oxygen atoms in total. The van der Waals surface area contributed by atoms with Gasteiger partial charge in [0.1, 0.15) is 12.4 Å². The Morgan fingerprint density at radius 2 is 1.89 bits per heavy atom. The van der Waals surface area contributed by atoms with Crippen molar-refractivity contribution in [2.75, 3.05) is 0 Å². The average Bonchev–Trinajstić information content (AvgIpc) is 2.80. The van der Waals surface area contributed by atoms with Crippen molar-refractivity contribution in [2.45, 2.75) is 13.5 Å². The van der Waals surface area contributed by atoms with E-state index >= 15 is 0 Å². The highest BCUT2D eigenvalue weighted by atomic mass is 16.5. The summed E-state index contributed by atoms with van der Waals surface area (Å²) in [7, 11) is 0. The fourth-order valence-corrected chi connectivity index (χ4v) is 2.10. The van der Waals surface area contributed by atoms with E-state index in [9.17, 15) is 0 Å². The van der Waals surface area contributed by atoms with Crippen LogP contribution >= 0.6 is 0 Å². The summed E-state index contributed by atoms with van der Waals surface area (Å²) in [5.41, 5.74) is 3.33. The largest absolute Gasteiger partial charge is 0.488 e. The highest BCUT2D eigenvalue weighted by Crippen LogP contribution is 2.28. The van der Waals surface area contributed by atoms with E-state index in [-0.39, 0.29) is 0 Å².